The van der Waals surface area contributed by atoms with Gasteiger partial charge in [-0.2, -0.15) is 10.5 Å². The average molecular weight is 542 g/mol. The average Bonchev–Trinajstić information content (AvgIpc) is 3.04. The van der Waals surface area contributed by atoms with Gasteiger partial charge in [0.1, 0.15) is 12.1 Å². The van der Waals surface area contributed by atoms with Crippen molar-refractivity contribution in [1.29, 1.82) is 10.5 Å². The first-order chi connectivity index (χ1) is 20.6. The molecule has 0 aromatic heterocycles. The second kappa shape index (κ2) is 11.4. The highest BCUT2D eigenvalue weighted by Crippen LogP contribution is 2.36. The fourth-order valence-electron chi connectivity index (χ4n) is 5.41. The highest BCUT2D eigenvalue weighted by atomic mass is 16.3. The molecule has 0 unspecified atom stereocenters. The number of para-hydroxylation sites is 1. The van der Waals surface area contributed by atoms with Crippen molar-refractivity contribution in [3.8, 4) is 12.1 Å². The van der Waals surface area contributed by atoms with Gasteiger partial charge in [-0.25, -0.2) is 0 Å². The molecular weight excluding hydrogens is 514 g/mol. The summed E-state index contributed by atoms with van der Waals surface area (Å²) in [6.07, 6.45) is 4.15. The Morgan fingerprint density at radius 1 is 0.595 bits per heavy atom. The van der Waals surface area contributed by atoms with Crippen LogP contribution in [0.25, 0.3) is 33.7 Å². The number of fused-ring (bicyclic) bond motifs is 3. The molecule has 1 N–H and O–H groups in total. The Morgan fingerprint density at radius 3 is 1.74 bits per heavy atom. The third-order valence-corrected chi connectivity index (χ3v) is 7.53. The predicted octanol–water partition coefficient (Wildman–Crippen LogP) is 9.18. The summed E-state index contributed by atoms with van der Waals surface area (Å²) in [5.41, 5.74) is 7.98. The zero-order valence-corrected chi connectivity index (χ0v) is 23.1. The molecule has 0 radical (unpaired) electrons. The van der Waals surface area contributed by atoms with Gasteiger partial charge in [0.25, 0.3) is 0 Å². The number of benzene rings is 6. The normalized spacial score (nSPS) is 11.0. The quantitative estimate of drug-likeness (QED) is 0.169. The molecule has 4 nitrogen and oxygen atoms in total. The summed E-state index contributed by atoms with van der Waals surface area (Å²) in [4.78, 5) is 2.19. The van der Waals surface area contributed by atoms with Crippen LogP contribution < -0.4 is 4.90 Å². The molecule has 0 spiro atoms. The van der Waals surface area contributed by atoms with Gasteiger partial charge in [0.2, 0.25) is 0 Å². The summed E-state index contributed by atoms with van der Waals surface area (Å²) in [5.74, 6) is 0. The summed E-state index contributed by atoms with van der Waals surface area (Å²) in [7, 11) is 0. The topological polar surface area (TPSA) is 71.0 Å². The van der Waals surface area contributed by atoms with Gasteiger partial charge in [0.05, 0.1) is 17.7 Å². The largest absolute Gasteiger partial charge is 0.392 e. The van der Waals surface area contributed by atoms with E-state index in [0.29, 0.717) is 11.1 Å². The van der Waals surface area contributed by atoms with E-state index in [1.54, 1.807) is 0 Å². The second-order valence-corrected chi connectivity index (χ2v) is 10.2. The van der Waals surface area contributed by atoms with Crippen LogP contribution in [-0.4, -0.2) is 5.11 Å². The highest BCUT2D eigenvalue weighted by molar-refractivity contribution is 6.13. The first kappa shape index (κ1) is 26.5. The fraction of sp³-hybridized carbons (Fsp3) is 0.0526. The molecule has 0 saturated heterocycles. The van der Waals surface area contributed by atoms with Crippen LogP contribution in [0.3, 0.4) is 0 Å². The van der Waals surface area contributed by atoms with E-state index in [2.05, 4.69) is 77.7 Å². The molecule has 0 fully saturated rings. The van der Waals surface area contributed by atoms with Gasteiger partial charge in [-0.3, -0.25) is 0 Å². The zero-order valence-electron chi connectivity index (χ0n) is 23.1. The maximum atomic E-state index is 9.88. The van der Waals surface area contributed by atoms with Crippen molar-refractivity contribution in [2.75, 3.05) is 4.90 Å². The number of hydrogen-bond donors (Lipinski definition) is 1. The van der Waals surface area contributed by atoms with Crippen LogP contribution >= 0.6 is 0 Å². The summed E-state index contributed by atoms with van der Waals surface area (Å²) >= 11 is 0. The first-order valence-electron chi connectivity index (χ1n) is 13.7. The van der Waals surface area contributed by atoms with Crippen LogP contribution in [-0.2, 0) is 6.61 Å². The number of aliphatic hydroxyl groups is 1. The van der Waals surface area contributed by atoms with Crippen LogP contribution in [0, 0.1) is 29.6 Å². The van der Waals surface area contributed by atoms with Crippen LogP contribution in [0.5, 0.6) is 0 Å². The molecule has 42 heavy (non-hydrogen) atoms. The molecule has 4 heteroatoms. The van der Waals surface area contributed by atoms with E-state index in [9.17, 15) is 15.6 Å². The Hall–Kier alpha value is -5.68. The summed E-state index contributed by atoms with van der Waals surface area (Å²) < 4.78 is 0. The van der Waals surface area contributed by atoms with Gasteiger partial charge < -0.3 is 10.0 Å². The van der Waals surface area contributed by atoms with Crippen molar-refractivity contribution in [3.05, 3.63) is 149 Å². The Morgan fingerprint density at radius 2 is 1.12 bits per heavy atom. The van der Waals surface area contributed by atoms with Crippen molar-refractivity contribution >= 4 is 50.8 Å². The predicted molar refractivity (Wildman–Crippen MR) is 172 cm³/mol. The number of nitrogens with zero attached hydrogens (tertiary/aromatic N) is 3. The third-order valence-electron chi connectivity index (χ3n) is 7.53. The standard InChI is InChI=1S/C38H27N3O/c1-26-7-19-33-35(21-26)36-22-28(14-20-34(36)38(24-40)37(33)23-39)9-8-27-10-15-31(16-11-27)41(30-5-3-2-4-6-30)32-17-12-29(25-42)13-18-32/h2-22,42H,25H2,1H3. The summed E-state index contributed by atoms with van der Waals surface area (Å²) in [6, 6.07) is 43.1. The van der Waals surface area contributed by atoms with Gasteiger partial charge in [0.15, 0.2) is 0 Å². The van der Waals surface area contributed by atoms with E-state index in [4.69, 9.17) is 0 Å². The molecule has 6 aromatic rings. The molecule has 0 heterocycles. The number of rotatable bonds is 6. The first-order valence-corrected chi connectivity index (χ1v) is 13.7. The van der Waals surface area contributed by atoms with Crippen LogP contribution in [0.15, 0.2) is 115 Å². The van der Waals surface area contributed by atoms with Gasteiger partial charge in [-0.05, 0) is 76.9 Å². The lowest BCUT2D eigenvalue weighted by Gasteiger charge is -2.25. The molecular formula is C38H27N3O. The molecule has 0 amide bonds. The van der Waals surface area contributed by atoms with E-state index in [1.165, 1.54) is 0 Å². The second-order valence-electron chi connectivity index (χ2n) is 10.2. The van der Waals surface area contributed by atoms with E-state index in [-0.39, 0.29) is 6.61 Å². The summed E-state index contributed by atoms with van der Waals surface area (Å²) in [5, 5.41) is 32.7. The van der Waals surface area contributed by atoms with E-state index < -0.39 is 0 Å². The van der Waals surface area contributed by atoms with Gasteiger partial charge in [0, 0.05) is 27.8 Å². The number of nitriles is 2. The maximum absolute atomic E-state index is 9.88. The molecule has 0 saturated carbocycles. The maximum Gasteiger partial charge on any atom is 0.101 e. The smallest absolute Gasteiger partial charge is 0.101 e. The van der Waals surface area contributed by atoms with E-state index in [0.717, 1.165) is 60.9 Å². The SMILES string of the molecule is Cc1ccc2c(C#N)c(C#N)c3ccc(C=Cc4ccc(N(c5ccccc5)c5ccc(CO)cc5)cc4)cc3c2c1. The molecule has 0 bridgehead atoms. The monoisotopic (exact) mass is 541 g/mol. The van der Waals surface area contributed by atoms with Crippen molar-refractivity contribution in [3.63, 3.8) is 0 Å². The molecule has 0 aliphatic heterocycles. The minimum Gasteiger partial charge on any atom is -0.392 e. The molecule has 200 valence electrons. The van der Waals surface area contributed by atoms with E-state index >= 15 is 0 Å². The molecule has 0 atom stereocenters. The molecule has 0 aliphatic rings. The molecule has 6 aromatic carbocycles. The lowest BCUT2D eigenvalue weighted by molar-refractivity contribution is 0.282. The Bertz CT molecular complexity index is 2030. The van der Waals surface area contributed by atoms with Crippen LogP contribution in [0.1, 0.15) is 33.4 Å². The van der Waals surface area contributed by atoms with Gasteiger partial charge in [-0.15, -0.1) is 0 Å². The third kappa shape index (κ3) is 5.00. The number of aryl methyl sites for hydroxylation is 1. The van der Waals surface area contributed by atoms with Gasteiger partial charge >= 0.3 is 0 Å². The minimum absolute atomic E-state index is 0.0140. The van der Waals surface area contributed by atoms with Crippen LogP contribution in [0.4, 0.5) is 17.1 Å². The zero-order chi connectivity index (χ0) is 29.1. The Balaban J connectivity index is 1.35. The number of anilines is 3. The number of aliphatic hydroxyl groups excluding tert-OH is 1. The van der Waals surface area contributed by atoms with Crippen molar-refractivity contribution in [1.82, 2.24) is 0 Å². The van der Waals surface area contributed by atoms with Crippen molar-refractivity contribution in [2.45, 2.75) is 13.5 Å². The van der Waals surface area contributed by atoms with Crippen molar-refractivity contribution in [2.24, 2.45) is 0 Å². The van der Waals surface area contributed by atoms with Gasteiger partial charge in [-0.1, -0.05) is 90.5 Å². The highest BCUT2D eigenvalue weighted by Gasteiger charge is 2.15. The molecule has 6 rings (SSSR count). The lowest BCUT2D eigenvalue weighted by Crippen LogP contribution is -2.09. The van der Waals surface area contributed by atoms with E-state index in [1.807, 2.05) is 73.7 Å². The van der Waals surface area contributed by atoms with Crippen LogP contribution in [0.2, 0.25) is 0 Å². The summed E-state index contributed by atoms with van der Waals surface area (Å²) in [6.45, 7) is 2.05. The number of hydrogen-bond acceptors (Lipinski definition) is 4. The fourth-order valence-corrected chi connectivity index (χ4v) is 5.41. The Kier molecular flexibility index (Phi) is 7.22. The minimum atomic E-state index is 0.0140. The Labute approximate surface area is 245 Å². The molecule has 0 aliphatic carbocycles. The van der Waals surface area contributed by atoms with Crippen molar-refractivity contribution < 1.29 is 5.11 Å². The lowest BCUT2D eigenvalue weighted by atomic mass is 9.91.